The van der Waals surface area contributed by atoms with Gasteiger partial charge in [-0.3, -0.25) is 28.8 Å². The predicted molar refractivity (Wildman–Crippen MR) is 194 cm³/mol. The van der Waals surface area contributed by atoms with Gasteiger partial charge in [0.2, 0.25) is 21.8 Å². The maximum atomic E-state index is 14.6. The summed E-state index contributed by atoms with van der Waals surface area (Å²) in [6.07, 6.45) is 5.48. The number of sulfonamides is 1. The number of aryl methyl sites for hydroxylation is 1. The van der Waals surface area contributed by atoms with Gasteiger partial charge in [-0.25, -0.2) is 13.2 Å². The smallest absolute Gasteiger partial charge is 0.410 e. The van der Waals surface area contributed by atoms with Crippen LogP contribution < -0.4 is 4.72 Å². The van der Waals surface area contributed by atoms with Crippen molar-refractivity contribution in [3.8, 4) is 0 Å². The second kappa shape index (κ2) is 13.5. The monoisotopic (exact) mass is 751 g/mol. The Morgan fingerprint density at radius 3 is 2.47 bits per heavy atom. The molecule has 7 atom stereocenters. The average Bonchev–Trinajstić information content (AvgIpc) is 4.04. The summed E-state index contributed by atoms with van der Waals surface area (Å²) in [6, 6.07) is 5.09. The third-order valence-corrected chi connectivity index (χ3v) is 14.6. The predicted octanol–water partition coefficient (Wildman–Crippen LogP) is 4.97. The maximum absolute atomic E-state index is 14.6. The molecule has 4 fully saturated rings. The lowest BCUT2D eigenvalue weighted by molar-refractivity contribution is -0.158. The van der Waals surface area contributed by atoms with E-state index >= 15 is 0 Å². The van der Waals surface area contributed by atoms with Gasteiger partial charge in [0, 0.05) is 31.8 Å². The molecule has 3 aliphatic carbocycles. The molecule has 1 aromatic carbocycles. The molecule has 1 N–H and O–H groups in total. The fraction of sp³-hybridized carbons (Fsp3) is 0.675. The van der Waals surface area contributed by atoms with Crippen molar-refractivity contribution >= 4 is 39.7 Å². The van der Waals surface area contributed by atoms with Gasteiger partial charge in [-0.2, -0.15) is 0 Å². The number of nitrogens with zero attached hydrogens (tertiary/aromatic N) is 2. The molecule has 0 aromatic heterocycles. The van der Waals surface area contributed by atoms with E-state index < -0.39 is 85.3 Å². The number of amides is 3. The Balaban J connectivity index is 1.16. The lowest BCUT2D eigenvalue weighted by Crippen LogP contribution is -2.48. The summed E-state index contributed by atoms with van der Waals surface area (Å²) in [4.78, 5) is 72.8. The van der Waals surface area contributed by atoms with Crippen LogP contribution in [0.3, 0.4) is 0 Å². The summed E-state index contributed by atoms with van der Waals surface area (Å²) < 4.78 is 39.7. The summed E-state index contributed by atoms with van der Waals surface area (Å²) in [5, 5.41) is -0.616. The summed E-state index contributed by atoms with van der Waals surface area (Å²) in [6.45, 7) is 12.1. The number of carbonyl (C=O) groups is 5. The Morgan fingerprint density at radius 2 is 1.79 bits per heavy atom. The van der Waals surface area contributed by atoms with Crippen molar-refractivity contribution < 1.29 is 41.9 Å². The van der Waals surface area contributed by atoms with Crippen molar-refractivity contribution in [1.29, 1.82) is 0 Å². The molecule has 4 bridgehead atoms. The van der Waals surface area contributed by atoms with Gasteiger partial charge in [-0.05, 0) is 79.9 Å². The van der Waals surface area contributed by atoms with Crippen molar-refractivity contribution in [2.45, 2.75) is 134 Å². The Morgan fingerprint density at radius 1 is 1.06 bits per heavy atom. The van der Waals surface area contributed by atoms with Crippen molar-refractivity contribution in [1.82, 2.24) is 14.5 Å². The number of ether oxygens (including phenoxy) is 2. The topological polar surface area (TPSA) is 156 Å². The van der Waals surface area contributed by atoms with E-state index in [1.807, 2.05) is 39.8 Å². The normalized spacial score (nSPS) is 33.4. The van der Waals surface area contributed by atoms with Crippen molar-refractivity contribution in [3.05, 3.63) is 47.5 Å². The van der Waals surface area contributed by atoms with Gasteiger partial charge >= 0.3 is 12.1 Å². The Kier molecular flexibility index (Phi) is 9.59. The third-order valence-electron chi connectivity index (χ3n) is 12.7. The summed E-state index contributed by atoms with van der Waals surface area (Å²) in [5.74, 6) is -3.07. The zero-order valence-electron chi connectivity index (χ0n) is 31.4. The molecular formula is C40H53N3O9S. The number of hydrogen-bond acceptors (Lipinski definition) is 9. The van der Waals surface area contributed by atoms with E-state index in [9.17, 15) is 32.4 Å². The highest BCUT2D eigenvalue weighted by molar-refractivity contribution is 7.90. The molecule has 1 saturated heterocycles. The minimum absolute atomic E-state index is 0.0141. The first kappa shape index (κ1) is 37.6. The molecule has 12 nitrogen and oxygen atoms in total. The number of carbonyl (C=O) groups excluding carboxylic acids is 5. The second-order valence-electron chi connectivity index (χ2n) is 17.7. The van der Waals surface area contributed by atoms with Gasteiger partial charge in [0.1, 0.15) is 11.7 Å². The first-order chi connectivity index (χ1) is 24.9. The van der Waals surface area contributed by atoms with E-state index in [1.165, 1.54) is 10.5 Å². The lowest BCUT2D eigenvalue weighted by atomic mass is 9.77. The Bertz CT molecular complexity index is 1830. The molecule has 6 aliphatic rings. The van der Waals surface area contributed by atoms with Crippen molar-refractivity contribution in [3.63, 3.8) is 0 Å². The van der Waals surface area contributed by atoms with E-state index in [4.69, 9.17) is 9.47 Å². The number of esters is 1. The molecule has 3 aliphatic heterocycles. The molecule has 0 unspecified atom stereocenters. The molecule has 7 rings (SSSR count). The Labute approximate surface area is 312 Å². The van der Waals surface area contributed by atoms with Crippen molar-refractivity contribution in [2.24, 2.45) is 28.6 Å². The van der Waals surface area contributed by atoms with Crippen LogP contribution in [0.2, 0.25) is 0 Å². The van der Waals surface area contributed by atoms with E-state index in [0.29, 0.717) is 25.9 Å². The first-order valence-corrected chi connectivity index (χ1v) is 20.8. The molecule has 288 valence electrons. The fourth-order valence-corrected chi connectivity index (χ4v) is 10.3. The highest BCUT2D eigenvalue weighted by Crippen LogP contribution is 2.57. The number of benzene rings is 1. The zero-order valence-corrected chi connectivity index (χ0v) is 32.2. The highest BCUT2D eigenvalue weighted by Gasteiger charge is 2.62. The largest absolute Gasteiger partial charge is 0.459 e. The molecule has 3 saturated carbocycles. The van der Waals surface area contributed by atoms with Crippen LogP contribution in [0.5, 0.6) is 0 Å². The SMILES string of the molecule is C=C[C@@H]1C[C@]1(CC(=O)[C@@H]1C[C@@H]2CN1C(=O)[C@H](C(C)(C)C)CC(=O)O[C@@]1(C)C[C@@H]1CCCCc1cccc3c1CN(C3)C(=O)O2)C(=O)NS(=O)(=O)C1CC1. The maximum Gasteiger partial charge on any atom is 0.410 e. The van der Waals surface area contributed by atoms with Crippen LogP contribution in [-0.4, -0.2) is 77.4 Å². The summed E-state index contributed by atoms with van der Waals surface area (Å²) in [5.41, 5.74) is 0.829. The molecule has 3 amide bonds. The van der Waals surface area contributed by atoms with Crippen LogP contribution >= 0.6 is 0 Å². The fourth-order valence-electron chi connectivity index (χ4n) is 8.91. The first-order valence-electron chi connectivity index (χ1n) is 19.2. The average molecular weight is 752 g/mol. The molecule has 53 heavy (non-hydrogen) atoms. The zero-order chi connectivity index (χ0) is 38.1. The van der Waals surface area contributed by atoms with Gasteiger partial charge in [0.15, 0.2) is 5.78 Å². The Hall–Kier alpha value is -3.74. The van der Waals surface area contributed by atoms with E-state index in [-0.39, 0.29) is 38.1 Å². The standard InChI is InChI=1S/C40H53N3O9S/c1-6-26-19-40(26,36(47)41-53(49,50)29-14-15-29)20-33(44)32-16-28-22-43(32)35(46)31(38(2,3)4)17-34(45)52-39(5)18-27(39)13-8-7-10-24-11-9-12-25-21-42(23-30(24)25)37(48)51-28/h6,9,11-12,26-29,31-32H,1,7-8,10,13-23H2,2-5H3,(H,41,47)/t26-,27+,28-,31-,32+,39+,40-/m1/s1. The molecular weight excluding hydrogens is 699 g/mol. The van der Waals surface area contributed by atoms with Crippen molar-refractivity contribution in [2.75, 3.05) is 6.54 Å². The van der Waals surface area contributed by atoms with Crippen LogP contribution in [0.1, 0.15) is 109 Å². The third kappa shape index (κ3) is 7.51. The number of Topliss-reactive ketones (excluding diaryl/α,β-unsaturated/α-hetero) is 1. The molecule has 1 aromatic rings. The molecule has 0 radical (unpaired) electrons. The highest BCUT2D eigenvalue weighted by atomic mass is 32.2. The van der Waals surface area contributed by atoms with Gasteiger partial charge < -0.3 is 14.4 Å². The van der Waals surface area contributed by atoms with Crippen LogP contribution in [0, 0.1) is 28.6 Å². The summed E-state index contributed by atoms with van der Waals surface area (Å²) in [7, 11) is -3.86. The van der Waals surface area contributed by atoms with Gasteiger partial charge in [-0.15, -0.1) is 6.58 Å². The van der Waals surface area contributed by atoms with Gasteiger partial charge in [0.05, 0.1) is 35.6 Å². The van der Waals surface area contributed by atoms with E-state index in [2.05, 4.69) is 17.4 Å². The van der Waals surface area contributed by atoms with Crippen LogP contribution in [0.15, 0.2) is 30.9 Å². The minimum atomic E-state index is -3.86. The van der Waals surface area contributed by atoms with E-state index in [1.54, 1.807) is 11.0 Å². The van der Waals surface area contributed by atoms with Gasteiger partial charge in [-0.1, -0.05) is 51.5 Å². The second-order valence-corrected chi connectivity index (χ2v) is 19.7. The minimum Gasteiger partial charge on any atom is -0.459 e. The van der Waals surface area contributed by atoms with E-state index in [0.717, 1.165) is 43.2 Å². The number of fused-ring (bicyclic) bond motifs is 4. The number of rotatable bonds is 7. The summed E-state index contributed by atoms with van der Waals surface area (Å²) >= 11 is 0. The van der Waals surface area contributed by atoms with Crippen LogP contribution in [0.4, 0.5) is 4.79 Å². The van der Waals surface area contributed by atoms with Gasteiger partial charge in [0.25, 0.3) is 0 Å². The number of nitrogens with one attached hydrogen (secondary N) is 1. The lowest BCUT2D eigenvalue weighted by Gasteiger charge is -2.35. The quantitative estimate of drug-likeness (QED) is 0.300. The molecule has 0 spiro atoms. The molecule has 13 heteroatoms. The van der Waals surface area contributed by atoms with Crippen LogP contribution in [0.25, 0.3) is 0 Å². The number of ketones is 1. The number of allylic oxidation sites excluding steroid dienone is 1. The van der Waals surface area contributed by atoms with Crippen LogP contribution in [-0.2, 0) is 58.2 Å². The molecule has 3 heterocycles. The number of hydrogen-bond donors (Lipinski definition) is 1.